The van der Waals surface area contributed by atoms with Crippen molar-refractivity contribution in [2.45, 2.75) is 52.4 Å². The second kappa shape index (κ2) is 8.64. The highest BCUT2D eigenvalue weighted by atomic mass is 32.2. The number of nitrogens with one attached hydrogen (secondary N) is 1. The molecule has 0 aliphatic heterocycles. The Morgan fingerprint density at radius 3 is 2.12 bits per heavy atom. The second-order valence-electron chi connectivity index (χ2n) is 4.66. The first kappa shape index (κ1) is 16.6. The molecule has 0 heterocycles. The topological polar surface area (TPSA) is 63.2 Å². The largest absolute Gasteiger partial charge is 0.299 e. The van der Waals surface area contributed by atoms with Crippen molar-refractivity contribution < 1.29 is 13.2 Å². The fourth-order valence-electron chi connectivity index (χ4n) is 1.51. The van der Waals surface area contributed by atoms with Crippen molar-refractivity contribution >= 4 is 15.8 Å². The summed E-state index contributed by atoms with van der Waals surface area (Å²) in [5.41, 5.74) is 0. The van der Waals surface area contributed by atoms with Gasteiger partial charge in [-0.1, -0.05) is 33.1 Å². The van der Waals surface area contributed by atoms with Crippen molar-refractivity contribution in [2.75, 3.05) is 12.8 Å². The maximum atomic E-state index is 11.3. The summed E-state index contributed by atoms with van der Waals surface area (Å²) < 4.78 is 24.5. The molecular weight excluding hydrogens is 238 g/mol. The van der Waals surface area contributed by atoms with Gasteiger partial charge in [-0.25, -0.2) is 13.1 Å². The summed E-state index contributed by atoms with van der Waals surface area (Å²) in [5, 5.41) is 0. The van der Waals surface area contributed by atoms with Gasteiger partial charge in [-0.05, 0) is 19.9 Å². The summed E-state index contributed by atoms with van der Waals surface area (Å²) in [4.78, 5) is 11.3. The first-order valence-electron chi connectivity index (χ1n) is 6.33. The van der Waals surface area contributed by atoms with Gasteiger partial charge >= 0.3 is 0 Å². The monoisotopic (exact) mass is 263 g/mol. The van der Waals surface area contributed by atoms with E-state index in [-0.39, 0.29) is 11.7 Å². The molecular formula is C12H25NO3S. The number of carbonyl (C=O) groups is 1. The Morgan fingerprint density at radius 2 is 1.59 bits per heavy atom. The van der Waals surface area contributed by atoms with Crippen LogP contribution >= 0.6 is 0 Å². The van der Waals surface area contributed by atoms with E-state index < -0.39 is 10.0 Å². The molecule has 0 saturated carbocycles. The van der Waals surface area contributed by atoms with E-state index in [1.807, 2.05) is 13.8 Å². The third-order valence-corrected chi connectivity index (χ3v) is 4.24. The predicted molar refractivity (Wildman–Crippen MR) is 70.4 cm³/mol. The number of sulfonamides is 1. The second-order valence-corrected chi connectivity index (χ2v) is 6.71. The zero-order valence-electron chi connectivity index (χ0n) is 11.2. The van der Waals surface area contributed by atoms with Crippen molar-refractivity contribution in [1.29, 1.82) is 0 Å². The van der Waals surface area contributed by atoms with Crippen molar-refractivity contribution in [1.82, 2.24) is 4.72 Å². The number of hydrogen-bond acceptors (Lipinski definition) is 3. The van der Waals surface area contributed by atoms with Crippen molar-refractivity contribution in [2.24, 2.45) is 5.92 Å². The molecule has 0 aromatic heterocycles. The fourth-order valence-corrected chi connectivity index (χ4v) is 2.30. The van der Waals surface area contributed by atoms with E-state index in [9.17, 15) is 13.2 Å². The SMILES string of the molecule is CNS(=O)(=O)CCCCCCCC(=O)C(C)C. The van der Waals surface area contributed by atoms with Crippen LogP contribution in [0.5, 0.6) is 0 Å². The Kier molecular flexibility index (Phi) is 8.43. The molecule has 0 aliphatic carbocycles. The molecule has 0 atom stereocenters. The number of rotatable bonds is 10. The van der Waals surface area contributed by atoms with Crippen LogP contribution in [0, 0.1) is 5.92 Å². The highest BCUT2D eigenvalue weighted by molar-refractivity contribution is 7.89. The number of ketones is 1. The van der Waals surface area contributed by atoms with Crippen LogP contribution in [0.25, 0.3) is 0 Å². The van der Waals surface area contributed by atoms with E-state index in [1.54, 1.807) is 0 Å². The van der Waals surface area contributed by atoms with Crippen LogP contribution in [0.1, 0.15) is 52.4 Å². The molecule has 4 nitrogen and oxygen atoms in total. The third-order valence-electron chi connectivity index (χ3n) is 2.79. The molecule has 0 aromatic rings. The van der Waals surface area contributed by atoms with Crippen LogP contribution in [0.15, 0.2) is 0 Å². The fraction of sp³-hybridized carbons (Fsp3) is 0.917. The molecule has 5 heteroatoms. The number of Topliss-reactive ketones (excluding diaryl/α,β-unsaturated/α-hetero) is 1. The standard InChI is InChI=1S/C12H25NO3S/c1-11(2)12(14)9-7-5-4-6-8-10-17(15,16)13-3/h11,13H,4-10H2,1-3H3. The van der Waals surface area contributed by atoms with Crippen LogP contribution < -0.4 is 4.72 Å². The van der Waals surface area contributed by atoms with Gasteiger partial charge in [0.1, 0.15) is 5.78 Å². The molecule has 0 aromatic carbocycles. The maximum absolute atomic E-state index is 11.3. The summed E-state index contributed by atoms with van der Waals surface area (Å²) in [6.07, 6.45) is 5.21. The van der Waals surface area contributed by atoms with Gasteiger partial charge in [-0.3, -0.25) is 4.79 Å². The van der Waals surface area contributed by atoms with Crippen molar-refractivity contribution in [3.8, 4) is 0 Å². The molecule has 0 amide bonds. The Hall–Kier alpha value is -0.420. The first-order chi connectivity index (χ1) is 7.89. The molecule has 0 bridgehead atoms. The van der Waals surface area contributed by atoms with E-state index >= 15 is 0 Å². The van der Waals surface area contributed by atoms with Gasteiger partial charge in [0, 0.05) is 12.3 Å². The minimum absolute atomic E-state index is 0.135. The van der Waals surface area contributed by atoms with Crippen LogP contribution in [0.4, 0.5) is 0 Å². The van der Waals surface area contributed by atoms with E-state index in [0.717, 1.165) is 25.7 Å². The molecule has 0 aliphatic rings. The minimum Gasteiger partial charge on any atom is -0.299 e. The third kappa shape index (κ3) is 9.30. The zero-order valence-corrected chi connectivity index (χ0v) is 12.0. The lowest BCUT2D eigenvalue weighted by molar-refractivity contribution is -0.122. The Bertz CT molecular complexity index is 310. The highest BCUT2D eigenvalue weighted by Crippen LogP contribution is 2.09. The Morgan fingerprint density at radius 1 is 1.06 bits per heavy atom. The molecule has 1 N–H and O–H groups in total. The quantitative estimate of drug-likeness (QED) is 0.614. The predicted octanol–water partition coefficient (Wildman–Crippen LogP) is 2.10. The highest BCUT2D eigenvalue weighted by Gasteiger charge is 2.07. The van der Waals surface area contributed by atoms with E-state index in [2.05, 4.69) is 4.72 Å². The van der Waals surface area contributed by atoms with Crippen molar-refractivity contribution in [3.05, 3.63) is 0 Å². The van der Waals surface area contributed by atoms with Gasteiger partial charge in [0.05, 0.1) is 5.75 Å². The summed E-state index contributed by atoms with van der Waals surface area (Å²) in [6.45, 7) is 3.84. The lowest BCUT2D eigenvalue weighted by Crippen LogP contribution is -2.21. The lowest BCUT2D eigenvalue weighted by Gasteiger charge is -2.04. The summed E-state index contributed by atoms with van der Waals surface area (Å²) in [5.74, 6) is 0.660. The van der Waals surface area contributed by atoms with Gasteiger partial charge < -0.3 is 0 Å². The lowest BCUT2D eigenvalue weighted by atomic mass is 10.0. The van der Waals surface area contributed by atoms with E-state index in [0.29, 0.717) is 18.6 Å². The van der Waals surface area contributed by atoms with Gasteiger partial charge in [0.2, 0.25) is 10.0 Å². The molecule has 17 heavy (non-hydrogen) atoms. The van der Waals surface area contributed by atoms with Crippen LogP contribution in [-0.2, 0) is 14.8 Å². The average molecular weight is 263 g/mol. The van der Waals surface area contributed by atoms with Gasteiger partial charge in [0.25, 0.3) is 0 Å². The van der Waals surface area contributed by atoms with Gasteiger partial charge in [-0.15, -0.1) is 0 Å². The molecule has 0 unspecified atom stereocenters. The normalized spacial score (nSPS) is 12.0. The average Bonchev–Trinajstić information content (AvgIpc) is 2.27. The van der Waals surface area contributed by atoms with E-state index in [1.165, 1.54) is 7.05 Å². The van der Waals surface area contributed by atoms with E-state index in [4.69, 9.17) is 0 Å². The van der Waals surface area contributed by atoms with Gasteiger partial charge in [-0.2, -0.15) is 0 Å². The Balaban J connectivity index is 3.39. The smallest absolute Gasteiger partial charge is 0.211 e. The summed E-state index contributed by atoms with van der Waals surface area (Å²) >= 11 is 0. The van der Waals surface area contributed by atoms with Crippen LogP contribution in [0.2, 0.25) is 0 Å². The number of unbranched alkanes of at least 4 members (excludes halogenated alkanes) is 4. The first-order valence-corrected chi connectivity index (χ1v) is 7.98. The molecule has 0 fully saturated rings. The number of hydrogen-bond donors (Lipinski definition) is 1. The molecule has 0 spiro atoms. The van der Waals surface area contributed by atoms with Crippen LogP contribution in [0.3, 0.4) is 0 Å². The summed E-state index contributed by atoms with van der Waals surface area (Å²) in [6, 6.07) is 0. The summed E-state index contributed by atoms with van der Waals surface area (Å²) in [7, 11) is -1.60. The number of carbonyl (C=O) groups excluding carboxylic acids is 1. The molecule has 0 rings (SSSR count). The van der Waals surface area contributed by atoms with Crippen molar-refractivity contribution in [3.63, 3.8) is 0 Å². The zero-order chi connectivity index (χ0) is 13.3. The maximum Gasteiger partial charge on any atom is 0.211 e. The molecule has 0 saturated heterocycles. The Labute approximate surface area is 105 Å². The van der Waals surface area contributed by atoms with Crippen LogP contribution in [-0.4, -0.2) is 27.0 Å². The minimum atomic E-state index is -3.04. The van der Waals surface area contributed by atoms with Gasteiger partial charge in [0.15, 0.2) is 0 Å². The molecule has 102 valence electrons. The molecule has 0 radical (unpaired) electrons.